The van der Waals surface area contributed by atoms with Gasteiger partial charge in [0.2, 0.25) is 0 Å². The Morgan fingerprint density at radius 3 is 2.65 bits per heavy atom. The van der Waals surface area contributed by atoms with Crippen LogP contribution < -0.4 is 4.72 Å². The first-order valence-electron chi connectivity index (χ1n) is 6.28. The Hall–Kier alpha value is -2.92. The minimum Gasteiger partial charge on any atom is -0.465 e. The van der Waals surface area contributed by atoms with E-state index in [9.17, 15) is 17.6 Å². The second-order valence-corrected chi connectivity index (χ2v) is 6.08. The molecule has 0 fully saturated rings. The summed E-state index contributed by atoms with van der Waals surface area (Å²) in [5.74, 6) is -1.72. The summed E-state index contributed by atoms with van der Waals surface area (Å²) in [4.78, 5) is 11.1. The van der Waals surface area contributed by atoms with Gasteiger partial charge in [-0.1, -0.05) is 6.07 Å². The number of nitrogens with zero attached hydrogens (tertiary/aromatic N) is 1. The third-order valence-electron chi connectivity index (χ3n) is 2.88. The summed E-state index contributed by atoms with van der Waals surface area (Å²) in [5.41, 5.74) is 0.0691. The van der Waals surface area contributed by atoms with Crippen LogP contribution in [0.1, 0.15) is 15.9 Å². The van der Waals surface area contributed by atoms with Crippen LogP contribution in [0.25, 0.3) is 0 Å². The smallest absolute Gasteiger partial charge is 0.339 e. The number of sulfonamides is 1. The van der Waals surface area contributed by atoms with Gasteiger partial charge in [-0.3, -0.25) is 4.72 Å². The van der Waals surface area contributed by atoms with Crippen LogP contribution in [0.4, 0.5) is 10.1 Å². The normalized spacial score (nSPS) is 10.7. The molecule has 2 aromatic rings. The highest BCUT2D eigenvalue weighted by Crippen LogP contribution is 2.22. The summed E-state index contributed by atoms with van der Waals surface area (Å²) >= 11 is 0. The van der Waals surface area contributed by atoms with Crippen molar-refractivity contribution < 1.29 is 22.3 Å². The monoisotopic (exact) mass is 334 g/mol. The Kier molecular flexibility index (Phi) is 4.62. The first-order chi connectivity index (χ1) is 10.9. The maximum atomic E-state index is 13.4. The average Bonchev–Trinajstić information content (AvgIpc) is 2.53. The van der Waals surface area contributed by atoms with E-state index in [2.05, 4.69) is 9.46 Å². The van der Waals surface area contributed by atoms with Gasteiger partial charge in [-0.15, -0.1) is 0 Å². The number of nitrogens with one attached hydrogen (secondary N) is 1. The zero-order chi connectivity index (χ0) is 17.0. The molecule has 0 saturated heterocycles. The van der Waals surface area contributed by atoms with Gasteiger partial charge in [0.1, 0.15) is 10.7 Å². The Bertz CT molecular complexity index is 904. The van der Waals surface area contributed by atoms with Crippen molar-refractivity contribution in [2.75, 3.05) is 11.8 Å². The van der Waals surface area contributed by atoms with Crippen molar-refractivity contribution in [1.82, 2.24) is 0 Å². The number of carbonyl (C=O) groups excluding carboxylic acids is 1. The number of hydrogen-bond acceptors (Lipinski definition) is 5. The highest BCUT2D eigenvalue weighted by atomic mass is 32.2. The number of benzene rings is 2. The number of carbonyl (C=O) groups is 1. The van der Waals surface area contributed by atoms with E-state index in [4.69, 9.17) is 5.26 Å². The number of hydrogen-bond donors (Lipinski definition) is 1. The summed E-state index contributed by atoms with van der Waals surface area (Å²) in [6.45, 7) is 0. The van der Waals surface area contributed by atoms with E-state index < -0.39 is 26.7 Å². The summed E-state index contributed by atoms with van der Waals surface area (Å²) in [7, 11) is -3.16. The molecule has 0 amide bonds. The van der Waals surface area contributed by atoms with E-state index in [0.717, 1.165) is 25.3 Å². The second-order valence-electron chi connectivity index (χ2n) is 4.43. The van der Waals surface area contributed by atoms with Crippen LogP contribution in [0.5, 0.6) is 0 Å². The number of nitriles is 1. The van der Waals surface area contributed by atoms with E-state index >= 15 is 0 Å². The Balaban J connectivity index is 2.49. The third-order valence-corrected chi connectivity index (χ3v) is 4.30. The lowest BCUT2D eigenvalue weighted by atomic mass is 10.2. The van der Waals surface area contributed by atoms with Gasteiger partial charge >= 0.3 is 5.97 Å². The fraction of sp³-hybridized carbons (Fsp3) is 0.0667. The molecule has 0 radical (unpaired) electrons. The summed E-state index contributed by atoms with van der Waals surface area (Å²) in [6, 6.07) is 10.3. The maximum Gasteiger partial charge on any atom is 0.339 e. The minimum atomic E-state index is -4.25. The summed E-state index contributed by atoms with van der Waals surface area (Å²) in [5, 5.41) is 8.82. The SMILES string of the molecule is COC(=O)c1ccc(F)cc1S(=O)(=O)Nc1cccc(C#N)c1. The van der Waals surface area contributed by atoms with E-state index in [0.29, 0.717) is 0 Å². The molecule has 1 N–H and O–H groups in total. The Morgan fingerprint density at radius 1 is 1.26 bits per heavy atom. The predicted molar refractivity (Wildman–Crippen MR) is 79.7 cm³/mol. The van der Waals surface area contributed by atoms with Crippen LogP contribution in [0, 0.1) is 17.1 Å². The van der Waals surface area contributed by atoms with Crippen LogP contribution >= 0.6 is 0 Å². The summed E-state index contributed by atoms with van der Waals surface area (Å²) < 4.78 is 45.0. The topological polar surface area (TPSA) is 96.3 Å². The van der Waals surface area contributed by atoms with Crippen LogP contribution in [0.15, 0.2) is 47.4 Å². The van der Waals surface area contributed by atoms with Crippen LogP contribution in [-0.2, 0) is 14.8 Å². The molecule has 0 aromatic heterocycles. The number of halogens is 1. The molecule has 0 saturated carbocycles. The largest absolute Gasteiger partial charge is 0.465 e. The molecule has 0 bridgehead atoms. The van der Waals surface area contributed by atoms with E-state index in [-0.39, 0.29) is 16.8 Å². The first kappa shape index (κ1) is 16.5. The number of rotatable bonds is 4. The average molecular weight is 334 g/mol. The lowest BCUT2D eigenvalue weighted by molar-refractivity contribution is 0.0596. The lowest BCUT2D eigenvalue weighted by Gasteiger charge is -2.11. The number of ether oxygens (including phenoxy) is 1. The highest BCUT2D eigenvalue weighted by molar-refractivity contribution is 7.92. The molecular weight excluding hydrogens is 323 g/mol. The van der Waals surface area contributed by atoms with E-state index in [1.165, 1.54) is 24.3 Å². The van der Waals surface area contributed by atoms with Crippen molar-refractivity contribution in [3.05, 3.63) is 59.4 Å². The van der Waals surface area contributed by atoms with Crippen LogP contribution in [0.2, 0.25) is 0 Å². The fourth-order valence-corrected chi connectivity index (χ4v) is 3.12. The van der Waals surface area contributed by atoms with Gasteiger partial charge in [0, 0.05) is 0 Å². The Morgan fingerprint density at radius 2 is 2.00 bits per heavy atom. The van der Waals surface area contributed by atoms with Crippen molar-refractivity contribution in [2.45, 2.75) is 4.90 Å². The molecule has 0 aliphatic rings. The van der Waals surface area contributed by atoms with E-state index in [1.807, 2.05) is 6.07 Å². The molecule has 23 heavy (non-hydrogen) atoms. The first-order valence-corrected chi connectivity index (χ1v) is 7.76. The molecule has 2 rings (SSSR count). The van der Waals surface area contributed by atoms with Crippen molar-refractivity contribution in [3.8, 4) is 6.07 Å². The van der Waals surface area contributed by atoms with Gasteiger partial charge in [0.05, 0.1) is 30.0 Å². The number of methoxy groups -OCH3 is 1. The molecule has 0 heterocycles. The standard InChI is InChI=1S/C15H11FN2O4S/c1-22-15(19)13-6-5-11(16)8-14(13)23(20,21)18-12-4-2-3-10(7-12)9-17/h2-8,18H,1H3. The van der Waals surface area contributed by atoms with Crippen molar-refractivity contribution in [2.24, 2.45) is 0 Å². The quantitative estimate of drug-likeness (QED) is 0.865. The van der Waals surface area contributed by atoms with Gasteiger partial charge in [-0.2, -0.15) is 5.26 Å². The molecule has 118 valence electrons. The van der Waals surface area contributed by atoms with Gasteiger partial charge < -0.3 is 4.74 Å². The molecule has 0 spiro atoms. The predicted octanol–water partition coefficient (Wildman–Crippen LogP) is 2.28. The highest BCUT2D eigenvalue weighted by Gasteiger charge is 2.24. The molecule has 8 heteroatoms. The lowest BCUT2D eigenvalue weighted by Crippen LogP contribution is -2.18. The van der Waals surface area contributed by atoms with Gasteiger partial charge in [-0.05, 0) is 36.4 Å². The van der Waals surface area contributed by atoms with Crippen molar-refractivity contribution >= 4 is 21.7 Å². The van der Waals surface area contributed by atoms with Crippen LogP contribution in [-0.4, -0.2) is 21.5 Å². The molecular formula is C15H11FN2O4S. The minimum absolute atomic E-state index is 0.115. The van der Waals surface area contributed by atoms with Crippen LogP contribution in [0.3, 0.4) is 0 Å². The molecule has 0 atom stereocenters. The molecule has 0 aliphatic heterocycles. The van der Waals surface area contributed by atoms with Gasteiger partial charge in [-0.25, -0.2) is 17.6 Å². The Labute approximate surface area is 132 Å². The van der Waals surface area contributed by atoms with Crippen molar-refractivity contribution in [3.63, 3.8) is 0 Å². The third kappa shape index (κ3) is 3.64. The number of anilines is 1. The molecule has 0 unspecified atom stereocenters. The molecule has 6 nitrogen and oxygen atoms in total. The number of esters is 1. The zero-order valence-corrected chi connectivity index (χ0v) is 12.7. The van der Waals surface area contributed by atoms with E-state index in [1.54, 1.807) is 0 Å². The summed E-state index contributed by atoms with van der Waals surface area (Å²) in [6.07, 6.45) is 0. The molecule has 2 aromatic carbocycles. The molecule has 0 aliphatic carbocycles. The van der Waals surface area contributed by atoms with Crippen molar-refractivity contribution in [1.29, 1.82) is 5.26 Å². The fourth-order valence-electron chi connectivity index (χ4n) is 1.86. The maximum absolute atomic E-state index is 13.4. The van der Waals surface area contributed by atoms with Gasteiger partial charge in [0.25, 0.3) is 10.0 Å². The zero-order valence-electron chi connectivity index (χ0n) is 11.9. The van der Waals surface area contributed by atoms with Gasteiger partial charge in [0.15, 0.2) is 0 Å². The second kappa shape index (κ2) is 6.46.